The Hall–Kier alpha value is -2.56. The van der Waals surface area contributed by atoms with E-state index in [2.05, 4.69) is 33.2 Å². The van der Waals surface area contributed by atoms with E-state index >= 15 is 0 Å². The molecule has 0 N–H and O–H groups in total. The van der Waals surface area contributed by atoms with Crippen LogP contribution in [0.1, 0.15) is 25.4 Å². The van der Waals surface area contributed by atoms with Gasteiger partial charge in [-0.15, -0.1) is 0 Å². The molecule has 104 valence electrons. The molecule has 0 amide bonds. The average molecular weight is 269 g/mol. The molecule has 0 radical (unpaired) electrons. The van der Waals surface area contributed by atoms with Crippen molar-refractivity contribution in [1.29, 1.82) is 0 Å². The average Bonchev–Trinajstić information content (AvgIpc) is 3.01. The topological polar surface area (TPSA) is 56.5 Å². The molecular weight excluding hydrogens is 250 g/mol. The molecule has 0 saturated heterocycles. The van der Waals surface area contributed by atoms with Crippen LogP contribution in [0.2, 0.25) is 0 Å². The molecule has 0 unspecified atom stereocenters. The third-order valence-electron chi connectivity index (χ3n) is 2.35. The third kappa shape index (κ3) is 3.47. The van der Waals surface area contributed by atoms with Gasteiger partial charge in [0.15, 0.2) is 0 Å². The van der Waals surface area contributed by atoms with Crippen LogP contribution in [-0.2, 0) is 0 Å². The third-order valence-corrected chi connectivity index (χ3v) is 2.35. The van der Waals surface area contributed by atoms with Crippen molar-refractivity contribution in [2.75, 3.05) is 0 Å². The molecule has 0 spiro atoms. The Morgan fingerprint density at radius 2 is 2.05 bits per heavy atom. The van der Waals surface area contributed by atoms with Crippen molar-refractivity contribution in [3.63, 3.8) is 0 Å². The van der Waals surface area contributed by atoms with Crippen LogP contribution < -0.4 is 0 Å². The first-order chi connectivity index (χ1) is 9.76. The van der Waals surface area contributed by atoms with Crippen molar-refractivity contribution >= 4 is 5.57 Å². The first kappa shape index (κ1) is 15.5. The maximum atomic E-state index is 4.43. The molecule has 5 heteroatoms. The first-order valence-corrected chi connectivity index (χ1v) is 6.40. The molecule has 0 aliphatic rings. The monoisotopic (exact) mass is 269 g/mol. The highest BCUT2D eigenvalue weighted by atomic mass is 15.3. The Bertz CT molecular complexity index is 597. The number of allylic oxidation sites excluding steroid dienone is 4. The zero-order chi connectivity index (χ0) is 15.0. The summed E-state index contributed by atoms with van der Waals surface area (Å²) in [5.41, 5.74) is 2.37. The smallest absolute Gasteiger partial charge is 0.138 e. The largest absolute Gasteiger partial charge is 0.239 e. The Kier molecular flexibility index (Phi) is 6.03. The van der Waals surface area contributed by atoms with Gasteiger partial charge >= 0.3 is 0 Å². The minimum absolute atomic E-state index is 0.686. The lowest BCUT2D eigenvalue weighted by molar-refractivity contribution is 0.849. The summed E-state index contributed by atoms with van der Waals surface area (Å²) < 4.78 is 1.62. The Balaban J connectivity index is 0.000000956. The van der Waals surface area contributed by atoms with E-state index in [0.29, 0.717) is 5.82 Å². The summed E-state index contributed by atoms with van der Waals surface area (Å²) >= 11 is 0. The van der Waals surface area contributed by atoms with Gasteiger partial charge in [-0.3, -0.25) is 0 Å². The van der Waals surface area contributed by atoms with Crippen molar-refractivity contribution < 1.29 is 0 Å². The standard InChI is InChI=1S/C13H13N5.C2H6/c1-4-6-11(5-2)13-12(7-15-10(3)17-13)18-9-14-8-16-18;1-2/h4-9H,1-2H2,3H3;1-2H3/b11-6+;. The van der Waals surface area contributed by atoms with E-state index in [1.807, 2.05) is 26.8 Å². The van der Waals surface area contributed by atoms with E-state index in [-0.39, 0.29) is 0 Å². The molecule has 0 saturated carbocycles. The predicted octanol–water partition coefficient (Wildman–Crippen LogP) is 3.15. The van der Waals surface area contributed by atoms with E-state index in [1.165, 1.54) is 6.33 Å². The highest BCUT2D eigenvalue weighted by molar-refractivity contribution is 5.76. The lowest BCUT2D eigenvalue weighted by atomic mass is 10.1. The van der Waals surface area contributed by atoms with Crippen molar-refractivity contribution in [3.05, 3.63) is 61.8 Å². The second-order valence-electron chi connectivity index (χ2n) is 3.55. The SMILES string of the molecule is C=C/C=C(\C=C)c1nc(C)ncc1-n1cncn1.CC. The van der Waals surface area contributed by atoms with Gasteiger partial charge < -0.3 is 0 Å². The van der Waals surface area contributed by atoms with Gasteiger partial charge in [0.2, 0.25) is 0 Å². The first-order valence-electron chi connectivity index (χ1n) is 6.40. The lowest BCUT2D eigenvalue weighted by Gasteiger charge is -2.09. The summed E-state index contributed by atoms with van der Waals surface area (Å²) in [6.07, 6.45) is 10.0. The van der Waals surface area contributed by atoms with Gasteiger partial charge in [-0.1, -0.05) is 45.2 Å². The number of hydrogen-bond acceptors (Lipinski definition) is 4. The molecule has 2 aromatic heterocycles. The van der Waals surface area contributed by atoms with Gasteiger partial charge in [0.05, 0.1) is 11.9 Å². The lowest BCUT2D eigenvalue weighted by Crippen LogP contribution is -2.04. The summed E-state index contributed by atoms with van der Waals surface area (Å²) in [6.45, 7) is 13.3. The Morgan fingerprint density at radius 3 is 2.60 bits per heavy atom. The van der Waals surface area contributed by atoms with Crippen molar-refractivity contribution in [2.24, 2.45) is 0 Å². The number of hydrogen-bond donors (Lipinski definition) is 0. The highest BCUT2D eigenvalue weighted by Gasteiger charge is 2.10. The zero-order valence-electron chi connectivity index (χ0n) is 12.1. The minimum atomic E-state index is 0.686. The second kappa shape index (κ2) is 7.78. The quantitative estimate of drug-likeness (QED) is 0.800. The van der Waals surface area contributed by atoms with Gasteiger partial charge in [0, 0.05) is 5.57 Å². The molecule has 20 heavy (non-hydrogen) atoms. The molecular formula is C15H19N5. The number of aromatic nitrogens is 5. The molecule has 0 bridgehead atoms. The molecule has 0 fully saturated rings. The van der Waals surface area contributed by atoms with Gasteiger partial charge in [-0.05, 0) is 6.92 Å². The van der Waals surface area contributed by atoms with Crippen LogP contribution in [0.15, 0.2) is 50.2 Å². The van der Waals surface area contributed by atoms with Crippen LogP contribution in [0, 0.1) is 6.92 Å². The van der Waals surface area contributed by atoms with Crippen LogP contribution in [0.5, 0.6) is 0 Å². The van der Waals surface area contributed by atoms with Crippen molar-refractivity contribution in [2.45, 2.75) is 20.8 Å². The fraction of sp³-hybridized carbons (Fsp3) is 0.200. The molecule has 0 aliphatic carbocycles. The molecule has 2 aromatic rings. The summed E-state index contributed by atoms with van der Waals surface area (Å²) in [6, 6.07) is 0. The second-order valence-corrected chi connectivity index (χ2v) is 3.55. The van der Waals surface area contributed by atoms with E-state index in [4.69, 9.17) is 0 Å². The molecule has 2 rings (SSSR count). The normalized spacial score (nSPS) is 10.4. The fourth-order valence-electron chi connectivity index (χ4n) is 1.55. The Morgan fingerprint density at radius 1 is 1.30 bits per heavy atom. The molecule has 0 atom stereocenters. The molecule has 5 nitrogen and oxygen atoms in total. The highest BCUT2D eigenvalue weighted by Crippen LogP contribution is 2.20. The van der Waals surface area contributed by atoms with Gasteiger partial charge in [0.25, 0.3) is 0 Å². The molecule has 0 aromatic carbocycles. The maximum absolute atomic E-state index is 4.43. The van der Waals surface area contributed by atoms with Gasteiger partial charge in [-0.2, -0.15) is 5.10 Å². The van der Waals surface area contributed by atoms with Crippen LogP contribution in [0.25, 0.3) is 11.3 Å². The van der Waals surface area contributed by atoms with E-state index in [1.54, 1.807) is 29.4 Å². The summed E-state index contributed by atoms with van der Waals surface area (Å²) in [4.78, 5) is 12.5. The van der Waals surface area contributed by atoms with Crippen LogP contribution in [0.4, 0.5) is 0 Å². The van der Waals surface area contributed by atoms with E-state index in [0.717, 1.165) is 17.0 Å². The van der Waals surface area contributed by atoms with Gasteiger partial charge in [-0.25, -0.2) is 19.6 Å². The number of rotatable bonds is 4. The summed E-state index contributed by atoms with van der Waals surface area (Å²) in [7, 11) is 0. The predicted molar refractivity (Wildman–Crippen MR) is 81.4 cm³/mol. The molecule has 2 heterocycles. The Labute approximate surface area is 119 Å². The van der Waals surface area contributed by atoms with Crippen LogP contribution in [0.3, 0.4) is 0 Å². The van der Waals surface area contributed by atoms with E-state index in [9.17, 15) is 0 Å². The molecule has 0 aliphatic heterocycles. The van der Waals surface area contributed by atoms with Crippen molar-refractivity contribution in [1.82, 2.24) is 24.7 Å². The van der Waals surface area contributed by atoms with Crippen LogP contribution in [-0.4, -0.2) is 24.7 Å². The zero-order valence-corrected chi connectivity index (χ0v) is 12.1. The summed E-state index contributed by atoms with van der Waals surface area (Å²) in [5, 5.41) is 4.09. The number of nitrogens with zero attached hydrogens (tertiary/aromatic N) is 5. The minimum Gasteiger partial charge on any atom is -0.239 e. The fourth-order valence-corrected chi connectivity index (χ4v) is 1.55. The van der Waals surface area contributed by atoms with E-state index < -0.39 is 0 Å². The van der Waals surface area contributed by atoms with Crippen molar-refractivity contribution in [3.8, 4) is 5.69 Å². The number of aryl methyl sites for hydroxylation is 1. The van der Waals surface area contributed by atoms with Crippen LogP contribution >= 0.6 is 0 Å². The van der Waals surface area contributed by atoms with Gasteiger partial charge in [0.1, 0.15) is 24.2 Å². The summed E-state index contributed by atoms with van der Waals surface area (Å²) in [5.74, 6) is 0.686. The maximum Gasteiger partial charge on any atom is 0.138 e.